The van der Waals surface area contributed by atoms with E-state index in [0.29, 0.717) is 17.8 Å². The van der Waals surface area contributed by atoms with Crippen LogP contribution in [-0.2, 0) is 0 Å². The van der Waals surface area contributed by atoms with Crippen LogP contribution in [0.4, 0.5) is 0 Å². The van der Waals surface area contributed by atoms with Crippen molar-refractivity contribution >= 4 is 15.9 Å². The van der Waals surface area contributed by atoms with Crippen LogP contribution < -0.4 is 0 Å². The number of halogens is 1. The van der Waals surface area contributed by atoms with Gasteiger partial charge in [0.15, 0.2) is 0 Å². The Labute approximate surface area is 164 Å². The van der Waals surface area contributed by atoms with Crippen molar-refractivity contribution in [3.8, 4) is 5.75 Å². The summed E-state index contributed by atoms with van der Waals surface area (Å²) in [5, 5.41) is 10.0. The number of piperazine rings is 1. The summed E-state index contributed by atoms with van der Waals surface area (Å²) in [6.45, 7) is 11.3. The molecule has 1 aliphatic heterocycles. The van der Waals surface area contributed by atoms with Crippen LogP contribution in [0.3, 0.4) is 0 Å². The fraction of sp³-hybridized carbons (Fsp3) is 0.381. The Morgan fingerprint density at radius 2 is 2.04 bits per heavy atom. The zero-order chi connectivity index (χ0) is 18.7. The fourth-order valence-corrected chi connectivity index (χ4v) is 4.06. The molecular formula is C21H26BrN3O. The summed E-state index contributed by atoms with van der Waals surface area (Å²) in [6, 6.07) is 12.5. The van der Waals surface area contributed by atoms with Gasteiger partial charge in [-0.25, -0.2) is 4.98 Å². The summed E-state index contributed by atoms with van der Waals surface area (Å²) < 4.78 is 0.827. The second-order valence-corrected chi connectivity index (χ2v) is 7.86. The van der Waals surface area contributed by atoms with Crippen LogP contribution in [-0.4, -0.2) is 51.6 Å². The Morgan fingerprint density at radius 3 is 2.69 bits per heavy atom. The summed E-state index contributed by atoms with van der Waals surface area (Å²) in [5.41, 5.74) is 2.22. The zero-order valence-corrected chi connectivity index (χ0v) is 16.9. The molecule has 3 atom stereocenters. The second-order valence-electron chi connectivity index (χ2n) is 7.05. The molecular weight excluding hydrogens is 390 g/mol. The molecule has 26 heavy (non-hydrogen) atoms. The normalized spacial score (nSPS) is 22.9. The molecule has 1 aromatic heterocycles. The third-order valence-electron chi connectivity index (χ3n) is 5.11. The quantitative estimate of drug-likeness (QED) is 0.585. The lowest BCUT2D eigenvalue weighted by atomic mass is 9.94. The van der Waals surface area contributed by atoms with Crippen molar-refractivity contribution in [3.05, 3.63) is 71.0 Å². The first kappa shape index (κ1) is 19.1. The molecule has 0 spiro atoms. The number of rotatable bonds is 5. The highest BCUT2D eigenvalue weighted by Crippen LogP contribution is 2.34. The lowest BCUT2D eigenvalue weighted by molar-refractivity contribution is 0.0305. The fourth-order valence-electron chi connectivity index (χ4n) is 3.82. The van der Waals surface area contributed by atoms with Crippen LogP contribution in [0.2, 0.25) is 0 Å². The largest absolute Gasteiger partial charge is 0.508 e. The maximum Gasteiger partial charge on any atom is 0.115 e. The first-order valence-corrected chi connectivity index (χ1v) is 9.80. The molecule has 0 unspecified atom stereocenters. The van der Waals surface area contributed by atoms with E-state index in [2.05, 4.69) is 63.3 Å². The first-order valence-electron chi connectivity index (χ1n) is 9.00. The van der Waals surface area contributed by atoms with Crippen LogP contribution in [0.1, 0.15) is 31.0 Å². The van der Waals surface area contributed by atoms with Crippen molar-refractivity contribution in [2.75, 3.05) is 19.6 Å². The maximum absolute atomic E-state index is 10.0. The van der Waals surface area contributed by atoms with Gasteiger partial charge in [-0.1, -0.05) is 24.3 Å². The Morgan fingerprint density at radius 1 is 1.23 bits per heavy atom. The molecule has 0 saturated carbocycles. The molecule has 2 aromatic rings. The molecule has 0 bridgehead atoms. The van der Waals surface area contributed by atoms with Gasteiger partial charge in [0.25, 0.3) is 0 Å². The molecule has 0 amide bonds. The van der Waals surface area contributed by atoms with Gasteiger partial charge in [-0.05, 0) is 59.1 Å². The van der Waals surface area contributed by atoms with Crippen molar-refractivity contribution in [2.24, 2.45) is 0 Å². The highest BCUT2D eigenvalue weighted by atomic mass is 79.9. The number of aromatic hydroxyl groups is 1. The number of phenols is 1. The van der Waals surface area contributed by atoms with E-state index in [1.807, 2.05) is 30.5 Å². The molecule has 3 rings (SSSR count). The second kappa shape index (κ2) is 8.33. The van der Waals surface area contributed by atoms with E-state index < -0.39 is 0 Å². The highest BCUT2D eigenvalue weighted by molar-refractivity contribution is 9.10. The first-order chi connectivity index (χ1) is 12.5. The monoisotopic (exact) mass is 415 g/mol. The van der Waals surface area contributed by atoms with Gasteiger partial charge in [0.2, 0.25) is 0 Å². The Kier molecular flexibility index (Phi) is 6.12. The van der Waals surface area contributed by atoms with E-state index in [-0.39, 0.29) is 6.04 Å². The predicted octanol–water partition coefficient (Wildman–Crippen LogP) is 4.22. The molecule has 0 radical (unpaired) electrons. The lowest BCUT2D eigenvalue weighted by Crippen LogP contribution is -2.57. The number of nitrogens with zero attached hydrogens (tertiary/aromatic N) is 3. The Balaban J connectivity index is 1.98. The van der Waals surface area contributed by atoms with Gasteiger partial charge in [0.05, 0.1) is 6.04 Å². The molecule has 4 nitrogen and oxygen atoms in total. The van der Waals surface area contributed by atoms with E-state index in [4.69, 9.17) is 0 Å². The van der Waals surface area contributed by atoms with Crippen molar-refractivity contribution < 1.29 is 5.11 Å². The number of pyridine rings is 1. The topological polar surface area (TPSA) is 39.6 Å². The summed E-state index contributed by atoms with van der Waals surface area (Å²) in [6.07, 6.45) is 3.90. The van der Waals surface area contributed by atoms with E-state index in [1.165, 1.54) is 0 Å². The van der Waals surface area contributed by atoms with Crippen molar-refractivity contribution in [1.29, 1.82) is 0 Å². The van der Waals surface area contributed by atoms with Gasteiger partial charge in [-0.15, -0.1) is 6.58 Å². The number of hydrogen-bond donors (Lipinski definition) is 1. The molecule has 1 aliphatic rings. The summed E-state index contributed by atoms with van der Waals surface area (Å²) >= 11 is 3.42. The zero-order valence-electron chi connectivity index (χ0n) is 15.3. The summed E-state index contributed by atoms with van der Waals surface area (Å²) in [4.78, 5) is 9.42. The average Bonchev–Trinajstić information content (AvgIpc) is 2.61. The SMILES string of the molecule is C=CCN1C[C@H](C)N([C@H](c2ccc(Br)nc2)c2cccc(O)c2)C[C@H]1C. The standard InChI is InChI=1S/C21H26BrN3O/c1-4-10-24-13-16(3)25(14-15(24)2)21(17-6-5-7-19(26)11-17)18-8-9-20(22)23-12-18/h4-9,11-12,15-16,21,26H,1,10,13-14H2,2-3H3/t15-,16+,21+/m1/s1. The van der Waals surface area contributed by atoms with Gasteiger partial charge in [0, 0.05) is 37.9 Å². The molecule has 1 fully saturated rings. The Hall–Kier alpha value is -1.69. The van der Waals surface area contributed by atoms with Crippen molar-refractivity contribution in [1.82, 2.24) is 14.8 Å². The average molecular weight is 416 g/mol. The molecule has 1 aromatic carbocycles. The molecule has 1 N–H and O–H groups in total. The lowest BCUT2D eigenvalue weighted by Gasteiger charge is -2.47. The third kappa shape index (κ3) is 4.17. The van der Waals surface area contributed by atoms with E-state index in [9.17, 15) is 5.11 Å². The summed E-state index contributed by atoms with van der Waals surface area (Å²) in [7, 11) is 0. The Bertz CT molecular complexity index is 749. The van der Waals surface area contributed by atoms with Gasteiger partial charge < -0.3 is 5.11 Å². The minimum Gasteiger partial charge on any atom is -0.508 e. The minimum absolute atomic E-state index is 0.0611. The van der Waals surface area contributed by atoms with Gasteiger partial charge >= 0.3 is 0 Å². The van der Waals surface area contributed by atoms with Crippen LogP contribution >= 0.6 is 15.9 Å². The third-order valence-corrected chi connectivity index (χ3v) is 5.58. The van der Waals surface area contributed by atoms with E-state index in [0.717, 1.165) is 35.4 Å². The maximum atomic E-state index is 10.0. The van der Waals surface area contributed by atoms with Crippen LogP contribution in [0, 0.1) is 0 Å². The minimum atomic E-state index is 0.0611. The van der Waals surface area contributed by atoms with Gasteiger partial charge in [-0.2, -0.15) is 0 Å². The molecule has 0 aliphatic carbocycles. The van der Waals surface area contributed by atoms with Crippen LogP contribution in [0.15, 0.2) is 59.9 Å². The number of benzene rings is 1. The molecule has 1 saturated heterocycles. The van der Waals surface area contributed by atoms with Crippen molar-refractivity contribution in [2.45, 2.75) is 32.0 Å². The van der Waals surface area contributed by atoms with Crippen LogP contribution in [0.25, 0.3) is 0 Å². The van der Waals surface area contributed by atoms with E-state index >= 15 is 0 Å². The highest BCUT2D eigenvalue weighted by Gasteiger charge is 2.34. The molecule has 5 heteroatoms. The summed E-state index contributed by atoms with van der Waals surface area (Å²) in [5.74, 6) is 0.295. The van der Waals surface area contributed by atoms with Gasteiger partial charge in [0.1, 0.15) is 10.4 Å². The predicted molar refractivity (Wildman–Crippen MR) is 109 cm³/mol. The smallest absolute Gasteiger partial charge is 0.115 e. The molecule has 138 valence electrons. The molecule has 2 heterocycles. The number of aromatic nitrogens is 1. The van der Waals surface area contributed by atoms with Gasteiger partial charge in [-0.3, -0.25) is 9.80 Å². The van der Waals surface area contributed by atoms with Crippen molar-refractivity contribution in [3.63, 3.8) is 0 Å². The number of hydrogen-bond acceptors (Lipinski definition) is 4. The number of phenolic OH excluding ortho intramolecular Hbond substituents is 1. The van der Waals surface area contributed by atoms with Crippen LogP contribution in [0.5, 0.6) is 5.75 Å². The van der Waals surface area contributed by atoms with E-state index in [1.54, 1.807) is 6.07 Å².